The first-order valence-corrected chi connectivity index (χ1v) is 13.8. The molecule has 2 heterocycles. The first-order valence-electron chi connectivity index (χ1n) is 13.8. The predicted molar refractivity (Wildman–Crippen MR) is 145 cm³/mol. The third-order valence-electron chi connectivity index (χ3n) is 7.64. The van der Waals surface area contributed by atoms with E-state index in [1.54, 1.807) is 24.0 Å². The zero-order valence-corrected chi connectivity index (χ0v) is 23.5. The lowest BCUT2D eigenvalue weighted by atomic mass is 9.96. The van der Waals surface area contributed by atoms with E-state index in [0.29, 0.717) is 45.8 Å². The maximum Gasteiger partial charge on any atom is 0.303 e. The van der Waals surface area contributed by atoms with Gasteiger partial charge in [0.1, 0.15) is 24.4 Å². The lowest BCUT2D eigenvalue weighted by Gasteiger charge is -2.27. The molecule has 0 radical (unpaired) electrons. The van der Waals surface area contributed by atoms with Gasteiger partial charge in [-0.05, 0) is 53.0 Å². The van der Waals surface area contributed by atoms with Crippen LogP contribution in [0.25, 0.3) is 0 Å². The van der Waals surface area contributed by atoms with Gasteiger partial charge in [-0.3, -0.25) is 19.2 Å². The van der Waals surface area contributed by atoms with Gasteiger partial charge in [0, 0.05) is 66.5 Å². The maximum absolute atomic E-state index is 12.4. The Balaban J connectivity index is 1.24. The highest BCUT2D eigenvalue weighted by molar-refractivity contribution is 5.83. The summed E-state index contributed by atoms with van der Waals surface area (Å²) in [5.74, 6) is -2.35. The number of carboxylic acid groups (broad SMARTS) is 2. The van der Waals surface area contributed by atoms with E-state index in [4.69, 9.17) is 29.2 Å². The molecule has 0 aromatic heterocycles. The van der Waals surface area contributed by atoms with Crippen LogP contribution in [0.2, 0.25) is 0 Å². The Morgan fingerprint density at radius 1 is 0.634 bits per heavy atom. The summed E-state index contributed by atoms with van der Waals surface area (Å²) >= 11 is 0. The summed E-state index contributed by atoms with van der Waals surface area (Å²) in [6, 6.07) is 0. The fourth-order valence-electron chi connectivity index (χ4n) is 5.44. The van der Waals surface area contributed by atoms with Gasteiger partial charge in [-0.15, -0.1) is 0 Å². The van der Waals surface area contributed by atoms with Crippen LogP contribution in [-0.4, -0.2) is 122 Å². The first kappa shape index (κ1) is 30.6. The Bertz CT molecular complexity index is 1070. The number of carboxylic acids is 2. The van der Waals surface area contributed by atoms with Gasteiger partial charge in [0.05, 0.1) is 12.8 Å². The maximum atomic E-state index is 12.4. The number of aliphatic carboxylic acids is 2. The monoisotopic (exact) mass is 574 g/mol. The van der Waals surface area contributed by atoms with Gasteiger partial charge in [0.15, 0.2) is 0 Å². The standard InChI is InChI=1S/C29H38N2O10/c1-38-22-10-18-14-30(26(32)4-6-28(34)35)16-20(18)12-24(22)40-8-3-9-41-25-13-21-17-31(27(33)5-7-29(36)37)15-19(21)11-23(25)39-2/h10-13,22-25H,3-9,14-17H2,1-2H3,(H,34,35)(H,36,37). The Morgan fingerprint density at radius 3 is 1.29 bits per heavy atom. The van der Waals surface area contributed by atoms with Crippen molar-refractivity contribution >= 4 is 23.8 Å². The normalized spacial score (nSPS) is 25.1. The largest absolute Gasteiger partial charge is 0.481 e. The molecule has 12 nitrogen and oxygen atoms in total. The van der Waals surface area contributed by atoms with Crippen LogP contribution < -0.4 is 0 Å². The van der Waals surface area contributed by atoms with Crippen molar-refractivity contribution in [3.8, 4) is 0 Å². The molecule has 41 heavy (non-hydrogen) atoms. The highest BCUT2D eigenvalue weighted by Gasteiger charge is 2.34. The van der Waals surface area contributed by atoms with Crippen molar-refractivity contribution in [3.63, 3.8) is 0 Å². The summed E-state index contributed by atoms with van der Waals surface area (Å²) in [6.45, 7) is 2.58. The van der Waals surface area contributed by atoms with Crippen LogP contribution in [0.5, 0.6) is 0 Å². The Hall–Kier alpha value is -3.32. The molecule has 4 rings (SSSR count). The number of carbonyl (C=O) groups is 4. The van der Waals surface area contributed by atoms with E-state index in [9.17, 15) is 19.2 Å². The predicted octanol–water partition coefficient (Wildman–Crippen LogP) is 1.32. The van der Waals surface area contributed by atoms with Crippen molar-refractivity contribution in [2.24, 2.45) is 0 Å². The molecular weight excluding hydrogens is 536 g/mol. The average molecular weight is 575 g/mol. The fourth-order valence-corrected chi connectivity index (χ4v) is 5.44. The summed E-state index contributed by atoms with van der Waals surface area (Å²) in [5.41, 5.74) is 3.99. The highest BCUT2D eigenvalue weighted by Crippen LogP contribution is 2.31. The number of hydrogen-bond acceptors (Lipinski definition) is 8. The lowest BCUT2D eigenvalue weighted by molar-refractivity contribution is -0.140. The van der Waals surface area contributed by atoms with Crippen LogP contribution in [0.3, 0.4) is 0 Å². The van der Waals surface area contributed by atoms with E-state index >= 15 is 0 Å². The average Bonchev–Trinajstić information content (AvgIpc) is 3.56. The summed E-state index contributed by atoms with van der Waals surface area (Å²) in [4.78, 5) is 49.7. The molecule has 224 valence electrons. The van der Waals surface area contributed by atoms with Crippen molar-refractivity contribution < 1.29 is 48.3 Å². The molecule has 2 fully saturated rings. The van der Waals surface area contributed by atoms with Crippen LogP contribution in [0.15, 0.2) is 46.6 Å². The number of likely N-dealkylation sites (tertiary alicyclic amines) is 2. The van der Waals surface area contributed by atoms with Crippen LogP contribution in [0.4, 0.5) is 0 Å². The topological polar surface area (TPSA) is 152 Å². The molecule has 0 aromatic rings. The second-order valence-electron chi connectivity index (χ2n) is 10.5. The minimum Gasteiger partial charge on any atom is -0.481 e. The zero-order valence-electron chi connectivity index (χ0n) is 23.5. The van der Waals surface area contributed by atoms with Crippen molar-refractivity contribution in [2.45, 2.75) is 56.5 Å². The molecule has 0 spiro atoms. The molecule has 0 bridgehead atoms. The number of amides is 2. The summed E-state index contributed by atoms with van der Waals surface area (Å²) in [7, 11) is 3.22. The van der Waals surface area contributed by atoms with Gasteiger partial charge in [0.2, 0.25) is 11.8 Å². The minimum absolute atomic E-state index is 0.0224. The van der Waals surface area contributed by atoms with Gasteiger partial charge in [-0.1, -0.05) is 0 Å². The number of fused-ring (bicyclic) bond motifs is 2. The van der Waals surface area contributed by atoms with E-state index in [-0.39, 0.29) is 61.9 Å². The lowest BCUT2D eigenvalue weighted by Crippen LogP contribution is -2.32. The Morgan fingerprint density at radius 2 is 0.976 bits per heavy atom. The quantitative estimate of drug-likeness (QED) is 0.291. The third-order valence-corrected chi connectivity index (χ3v) is 7.64. The van der Waals surface area contributed by atoms with Gasteiger partial charge in [-0.25, -0.2) is 0 Å². The molecule has 2 amide bonds. The fraction of sp³-hybridized carbons (Fsp3) is 0.586. The molecule has 4 unspecified atom stereocenters. The van der Waals surface area contributed by atoms with E-state index < -0.39 is 11.9 Å². The molecule has 0 saturated carbocycles. The molecule has 2 aliphatic heterocycles. The number of ether oxygens (including phenoxy) is 4. The van der Waals surface area contributed by atoms with Crippen LogP contribution in [0, 0.1) is 0 Å². The number of nitrogens with zero attached hydrogens (tertiary/aromatic N) is 2. The van der Waals surface area contributed by atoms with E-state index in [2.05, 4.69) is 0 Å². The van der Waals surface area contributed by atoms with Gasteiger partial charge in [0.25, 0.3) is 0 Å². The van der Waals surface area contributed by atoms with Crippen LogP contribution in [-0.2, 0) is 38.1 Å². The molecular formula is C29H38N2O10. The molecule has 4 atom stereocenters. The van der Waals surface area contributed by atoms with Gasteiger partial charge >= 0.3 is 11.9 Å². The molecule has 0 aromatic carbocycles. The van der Waals surface area contributed by atoms with E-state index in [1.165, 1.54) is 0 Å². The van der Waals surface area contributed by atoms with Crippen LogP contribution >= 0.6 is 0 Å². The smallest absolute Gasteiger partial charge is 0.303 e. The van der Waals surface area contributed by atoms with Crippen molar-refractivity contribution in [3.05, 3.63) is 46.6 Å². The van der Waals surface area contributed by atoms with Crippen molar-refractivity contribution in [1.82, 2.24) is 9.80 Å². The number of hydrogen-bond donors (Lipinski definition) is 2. The zero-order chi connectivity index (χ0) is 29.5. The SMILES string of the molecule is COC1C=C2CN(C(=O)CCC(=O)O)CC2=CC1OCCCOC1C=C2CN(C(=O)CCC(=O)O)CC2=CC1OC. The molecule has 12 heteroatoms. The number of methoxy groups -OCH3 is 2. The summed E-state index contributed by atoms with van der Waals surface area (Å²) in [6.07, 6.45) is 6.90. The number of carbonyl (C=O) groups excluding carboxylic acids is 2. The van der Waals surface area contributed by atoms with Gasteiger partial charge in [-0.2, -0.15) is 0 Å². The van der Waals surface area contributed by atoms with E-state index in [1.807, 2.05) is 24.3 Å². The second kappa shape index (κ2) is 14.0. The van der Waals surface area contributed by atoms with E-state index in [0.717, 1.165) is 22.3 Å². The highest BCUT2D eigenvalue weighted by atomic mass is 16.5. The Kier molecular flexibility index (Phi) is 10.5. The van der Waals surface area contributed by atoms with Crippen molar-refractivity contribution in [1.29, 1.82) is 0 Å². The molecule has 2 N–H and O–H groups in total. The minimum atomic E-state index is -0.990. The van der Waals surface area contributed by atoms with Gasteiger partial charge < -0.3 is 39.0 Å². The molecule has 4 aliphatic rings. The third kappa shape index (κ3) is 7.91. The Labute approximate surface area is 238 Å². The first-order chi connectivity index (χ1) is 19.7. The number of rotatable bonds is 14. The van der Waals surface area contributed by atoms with Crippen LogP contribution in [0.1, 0.15) is 32.1 Å². The van der Waals surface area contributed by atoms with Crippen molar-refractivity contribution in [2.75, 3.05) is 53.6 Å². The second-order valence-corrected chi connectivity index (χ2v) is 10.5. The molecule has 2 aliphatic carbocycles. The summed E-state index contributed by atoms with van der Waals surface area (Å²) < 4.78 is 23.4. The molecule has 2 saturated heterocycles. The summed E-state index contributed by atoms with van der Waals surface area (Å²) in [5, 5.41) is 17.7.